The second-order valence-corrected chi connectivity index (χ2v) is 6.83. The van der Waals surface area contributed by atoms with Gasteiger partial charge >= 0.3 is 0 Å². The van der Waals surface area contributed by atoms with Gasteiger partial charge in [0, 0.05) is 44.0 Å². The van der Waals surface area contributed by atoms with Crippen molar-refractivity contribution in [2.45, 2.75) is 44.7 Å². The van der Waals surface area contributed by atoms with Gasteiger partial charge in [0.15, 0.2) is 0 Å². The maximum atomic E-state index is 11.5. The van der Waals surface area contributed by atoms with Crippen LogP contribution in [0, 0.1) is 0 Å². The number of piperidine rings is 1. The molecule has 132 valence electrons. The molecule has 2 aromatic heterocycles. The van der Waals surface area contributed by atoms with Crippen LogP contribution in [0.25, 0.3) is 11.4 Å². The summed E-state index contributed by atoms with van der Waals surface area (Å²) >= 11 is 0. The molecule has 2 aliphatic rings. The number of rotatable bonds is 3. The van der Waals surface area contributed by atoms with Crippen molar-refractivity contribution < 1.29 is 9.32 Å². The van der Waals surface area contributed by atoms with Crippen LogP contribution in [0.2, 0.25) is 0 Å². The van der Waals surface area contributed by atoms with Crippen LogP contribution in [0.5, 0.6) is 0 Å². The lowest BCUT2D eigenvalue weighted by molar-refractivity contribution is -0.130. The summed E-state index contributed by atoms with van der Waals surface area (Å²) in [6.07, 6.45) is 7.68. The molecule has 7 heteroatoms. The molecule has 4 heterocycles. The molecule has 25 heavy (non-hydrogen) atoms. The SMILES string of the molecule is CC(=O)N1CCC(N2CCC[C@H]2c2nc(-c3ccncc3)no2)CC1. The molecule has 0 radical (unpaired) electrons. The van der Waals surface area contributed by atoms with E-state index in [2.05, 4.69) is 20.0 Å². The predicted molar refractivity (Wildman–Crippen MR) is 91.5 cm³/mol. The number of pyridine rings is 1. The van der Waals surface area contributed by atoms with Gasteiger partial charge in [-0.2, -0.15) is 4.98 Å². The molecular formula is C18H23N5O2. The summed E-state index contributed by atoms with van der Waals surface area (Å²) < 4.78 is 5.60. The molecule has 2 aromatic rings. The summed E-state index contributed by atoms with van der Waals surface area (Å²) in [4.78, 5) is 24.6. The quantitative estimate of drug-likeness (QED) is 0.852. The Morgan fingerprint density at radius 2 is 1.92 bits per heavy atom. The Morgan fingerprint density at radius 1 is 1.16 bits per heavy atom. The summed E-state index contributed by atoms with van der Waals surface area (Å²) in [7, 11) is 0. The van der Waals surface area contributed by atoms with Crippen molar-refractivity contribution in [3.8, 4) is 11.4 Å². The molecule has 0 bridgehead atoms. The number of likely N-dealkylation sites (tertiary alicyclic amines) is 2. The molecule has 2 aliphatic heterocycles. The molecule has 0 saturated carbocycles. The molecule has 0 aliphatic carbocycles. The van der Waals surface area contributed by atoms with Crippen LogP contribution >= 0.6 is 0 Å². The minimum absolute atomic E-state index is 0.176. The highest BCUT2D eigenvalue weighted by Gasteiger charge is 2.37. The smallest absolute Gasteiger partial charge is 0.244 e. The van der Waals surface area contributed by atoms with Crippen LogP contribution in [0.15, 0.2) is 29.0 Å². The van der Waals surface area contributed by atoms with Gasteiger partial charge in [0.25, 0.3) is 0 Å². The highest BCUT2D eigenvalue weighted by atomic mass is 16.5. The van der Waals surface area contributed by atoms with E-state index in [1.807, 2.05) is 17.0 Å². The Kier molecular flexibility index (Phi) is 4.48. The van der Waals surface area contributed by atoms with Crippen molar-refractivity contribution in [2.24, 2.45) is 0 Å². The first-order chi connectivity index (χ1) is 12.2. The molecule has 0 aromatic carbocycles. The van der Waals surface area contributed by atoms with Crippen LogP contribution < -0.4 is 0 Å². The molecule has 4 rings (SSSR count). The van der Waals surface area contributed by atoms with Gasteiger partial charge in [0.05, 0.1) is 6.04 Å². The minimum atomic E-state index is 0.176. The maximum Gasteiger partial charge on any atom is 0.244 e. The third kappa shape index (κ3) is 3.28. The highest BCUT2D eigenvalue weighted by Crippen LogP contribution is 2.36. The Labute approximate surface area is 147 Å². The zero-order valence-corrected chi connectivity index (χ0v) is 14.5. The molecule has 2 fully saturated rings. The second-order valence-electron chi connectivity index (χ2n) is 6.83. The van der Waals surface area contributed by atoms with E-state index in [0.717, 1.165) is 50.9 Å². The summed E-state index contributed by atoms with van der Waals surface area (Å²) in [5, 5.41) is 4.15. The summed E-state index contributed by atoms with van der Waals surface area (Å²) in [5.74, 6) is 1.50. The van der Waals surface area contributed by atoms with E-state index in [0.29, 0.717) is 17.8 Å². The van der Waals surface area contributed by atoms with Crippen LogP contribution in [0.4, 0.5) is 0 Å². The zero-order valence-electron chi connectivity index (χ0n) is 14.5. The summed E-state index contributed by atoms with van der Waals surface area (Å²) in [6, 6.07) is 4.45. The van der Waals surface area contributed by atoms with Crippen LogP contribution in [-0.4, -0.2) is 56.5 Å². The van der Waals surface area contributed by atoms with Crippen molar-refractivity contribution in [2.75, 3.05) is 19.6 Å². The van der Waals surface area contributed by atoms with E-state index in [1.165, 1.54) is 0 Å². The molecule has 2 saturated heterocycles. The first-order valence-electron chi connectivity index (χ1n) is 8.97. The van der Waals surface area contributed by atoms with E-state index in [-0.39, 0.29) is 11.9 Å². The zero-order chi connectivity index (χ0) is 17.2. The Balaban J connectivity index is 1.47. The highest BCUT2D eigenvalue weighted by molar-refractivity contribution is 5.73. The fourth-order valence-corrected chi connectivity index (χ4v) is 3.99. The van der Waals surface area contributed by atoms with E-state index in [9.17, 15) is 4.79 Å². The third-order valence-corrected chi connectivity index (χ3v) is 5.34. The first kappa shape index (κ1) is 16.2. The van der Waals surface area contributed by atoms with Crippen molar-refractivity contribution in [1.82, 2.24) is 24.9 Å². The van der Waals surface area contributed by atoms with E-state index >= 15 is 0 Å². The monoisotopic (exact) mass is 341 g/mol. The largest absolute Gasteiger partial charge is 0.343 e. The van der Waals surface area contributed by atoms with Gasteiger partial charge in [0.2, 0.25) is 17.6 Å². The average Bonchev–Trinajstić information content (AvgIpc) is 3.32. The number of carbonyl (C=O) groups excluding carboxylic acids is 1. The van der Waals surface area contributed by atoms with Crippen LogP contribution in [0.1, 0.15) is 44.5 Å². The molecule has 1 atom stereocenters. The van der Waals surface area contributed by atoms with Gasteiger partial charge in [-0.1, -0.05) is 5.16 Å². The fourth-order valence-electron chi connectivity index (χ4n) is 3.99. The summed E-state index contributed by atoms with van der Waals surface area (Å²) in [6.45, 7) is 4.39. The molecule has 1 amide bonds. The molecular weight excluding hydrogens is 318 g/mol. The number of hydrogen-bond donors (Lipinski definition) is 0. The molecule has 0 spiro atoms. The standard InChI is InChI=1S/C18H23N5O2/c1-13(24)22-11-6-15(7-12-22)23-10-2-3-16(23)18-20-17(21-25-18)14-4-8-19-9-5-14/h4-5,8-9,15-16H,2-3,6-7,10-12H2,1H3/t16-/m0/s1. The van der Waals surface area contributed by atoms with Crippen LogP contribution in [-0.2, 0) is 4.79 Å². The molecule has 0 unspecified atom stereocenters. The van der Waals surface area contributed by atoms with E-state index in [1.54, 1.807) is 19.3 Å². The van der Waals surface area contributed by atoms with Gasteiger partial charge in [0.1, 0.15) is 0 Å². The fraction of sp³-hybridized carbons (Fsp3) is 0.556. The van der Waals surface area contributed by atoms with Crippen molar-refractivity contribution >= 4 is 5.91 Å². The maximum absolute atomic E-state index is 11.5. The average molecular weight is 341 g/mol. The number of amides is 1. The minimum Gasteiger partial charge on any atom is -0.343 e. The van der Waals surface area contributed by atoms with E-state index < -0.39 is 0 Å². The van der Waals surface area contributed by atoms with Crippen molar-refractivity contribution in [1.29, 1.82) is 0 Å². The van der Waals surface area contributed by atoms with Gasteiger partial charge in [-0.15, -0.1) is 0 Å². The third-order valence-electron chi connectivity index (χ3n) is 5.34. The first-order valence-corrected chi connectivity index (χ1v) is 8.97. The Hall–Kier alpha value is -2.28. The number of hydrogen-bond acceptors (Lipinski definition) is 6. The van der Waals surface area contributed by atoms with Gasteiger partial charge in [-0.3, -0.25) is 14.7 Å². The second kappa shape index (κ2) is 6.92. The topological polar surface area (TPSA) is 75.4 Å². The van der Waals surface area contributed by atoms with Crippen LogP contribution in [0.3, 0.4) is 0 Å². The predicted octanol–water partition coefficient (Wildman–Crippen LogP) is 2.28. The lowest BCUT2D eigenvalue weighted by Crippen LogP contribution is -2.46. The number of aromatic nitrogens is 3. The van der Waals surface area contributed by atoms with Crippen molar-refractivity contribution in [3.05, 3.63) is 30.4 Å². The number of carbonyl (C=O) groups is 1. The lowest BCUT2D eigenvalue weighted by atomic mass is 10.0. The Bertz CT molecular complexity index is 724. The van der Waals surface area contributed by atoms with Crippen molar-refractivity contribution in [3.63, 3.8) is 0 Å². The van der Waals surface area contributed by atoms with E-state index in [4.69, 9.17) is 4.52 Å². The van der Waals surface area contributed by atoms with Gasteiger partial charge in [-0.05, 0) is 44.4 Å². The molecule has 7 nitrogen and oxygen atoms in total. The Morgan fingerprint density at radius 3 is 2.64 bits per heavy atom. The lowest BCUT2D eigenvalue weighted by Gasteiger charge is -2.38. The number of nitrogens with zero attached hydrogens (tertiary/aromatic N) is 5. The van der Waals surface area contributed by atoms with Gasteiger partial charge < -0.3 is 9.42 Å². The molecule has 0 N–H and O–H groups in total. The normalized spacial score (nSPS) is 22.4. The summed E-state index contributed by atoms with van der Waals surface area (Å²) in [5.41, 5.74) is 0.921. The van der Waals surface area contributed by atoms with Gasteiger partial charge in [-0.25, -0.2) is 0 Å².